The smallest absolute Gasteiger partial charge is 0.245 e. The van der Waals surface area contributed by atoms with Crippen LogP contribution in [0.2, 0.25) is 0 Å². The van der Waals surface area contributed by atoms with Gasteiger partial charge in [-0.05, 0) is 26.2 Å². The molecular weight excluding hydrogens is 458 g/mol. The molecule has 35 heavy (non-hydrogen) atoms. The van der Waals surface area contributed by atoms with Crippen LogP contribution in [0.3, 0.4) is 0 Å². The van der Waals surface area contributed by atoms with E-state index in [-0.39, 0.29) is 67.2 Å². The van der Waals surface area contributed by atoms with Crippen LogP contribution in [0.25, 0.3) is 0 Å². The van der Waals surface area contributed by atoms with Crippen LogP contribution in [0.15, 0.2) is 0 Å². The fourth-order valence-electron chi connectivity index (χ4n) is 3.28. The molecule has 1 aliphatic heterocycles. The van der Waals surface area contributed by atoms with Gasteiger partial charge in [0, 0.05) is 31.3 Å². The van der Waals surface area contributed by atoms with Crippen molar-refractivity contribution in [2.24, 2.45) is 11.3 Å². The number of nitrogens with zero attached hydrogens (tertiary/aromatic N) is 1. The van der Waals surface area contributed by atoms with E-state index in [1.807, 2.05) is 41.5 Å². The molecule has 0 radical (unpaired) electrons. The van der Waals surface area contributed by atoms with Crippen LogP contribution >= 0.6 is 0 Å². The van der Waals surface area contributed by atoms with Crippen LogP contribution in [0.4, 0.5) is 0 Å². The minimum Gasteiger partial charge on any atom is -0.379 e. The van der Waals surface area contributed by atoms with Gasteiger partial charge in [0.15, 0.2) is 0 Å². The Morgan fingerprint density at radius 1 is 0.829 bits per heavy atom. The maximum atomic E-state index is 12.4. The Balaban J connectivity index is 1.95. The summed E-state index contributed by atoms with van der Waals surface area (Å²) in [6.45, 7) is 13.9. The van der Waals surface area contributed by atoms with Gasteiger partial charge in [0.25, 0.3) is 0 Å². The highest BCUT2D eigenvalue weighted by Gasteiger charge is 2.44. The zero-order valence-corrected chi connectivity index (χ0v) is 22.1. The third kappa shape index (κ3) is 13.6. The normalized spacial score (nSPS) is 16.6. The van der Waals surface area contributed by atoms with E-state index in [2.05, 4.69) is 10.8 Å². The van der Waals surface area contributed by atoms with Crippen molar-refractivity contribution in [1.82, 2.24) is 15.7 Å². The molecule has 0 aromatic rings. The molecule has 1 heterocycles. The molecule has 1 saturated heterocycles. The van der Waals surface area contributed by atoms with E-state index in [1.54, 1.807) is 0 Å². The summed E-state index contributed by atoms with van der Waals surface area (Å²) >= 11 is 0. The molecule has 202 valence electrons. The third-order valence-corrected chi connectivity index (χ3v) is 5.10. The van der Waals surface area contributed by atoms with Crippen molar-refractivity contribution in [1.29, 1.82) is 0 Å². The number of likely N-dealkylation sites (tertiary alicyclic amines) is 1. The Hall–Kier alpha value is -2.08. The maximum absolute atomic E-state index is 12.4. The van der Waals surface area contributed by atoms with Crippen LogP contribution in [0.1, 0.15) is 60.8 Å². The molecule has 1 rings (SSSR count). The molecule has 1 fully saturated rings. The number of nitrogens with one attached hydrogen (secondary N) is 2. The van der Waals surface area contributed by atoms with Crippen molar-refractivity contribution < 1.29 is 38.2 Å². The van der Waals surface area contributed by atoms with Gasteiger partial charge in [-0.1, -0.05) is 20.8 Å². The molecule has 1 atom stereocenters. The number of amides is 4. The van der Waals surface area contributed by atoms with Gasteiger partial charge in [0.05, 0.1) is 52.2 Å². The molecule has 0 bridgehead atoms. The Kier molecular flexibility index (Phi) is 13.4. The van der Waals surface area contributed by atoms with E-state index in [0.29, 0.717) is 39.5 Å². The highest BCUT2D eigenvalue weighted by atomic mass is 16.7. The lowest BCUT2D eigenvalue weighted by atomic mass is 9.80. The van der Waals surface area contributed by atoms with Crippen molar-refractivity contribution in [3.05, 3.63) is 0 Å². The average molecular weight is 502 g/mol. The average Bonchev–Trinajstić information content (AvgIpc) is 3.02. The van der Waals surface area contributed by atoms with Crippen LogP contribution in [-0.4, -0.2) is 86.9 Å². The minimum atomic E-state index is -0.413. The lowest BCUT2D eigenvalue weighted by Crippen LogP contribution is -2.40. The fraction of sp³-hybridized carbons (Fsp3) is 0.833. The predicted octanol–water partition coefficient (Wildman–Crippen LogP) is 1.20. The molecular formula is C24H43N3O8. The van der Waals surface area contributed by atoms with E-state index in [4.69, 9.17) is 19.0 Å². The van der Waals surface area contributed by atoms with E-state index < -0.39 is 5.91 Å². The van der Waals surface area contributed by atoms with Crippen LogP contribution in [-0.2, 0) is 38.2 Å². The summed E-state index contributed by atoms with van der Waals surface area (Å²) in [6.07, 6.45) is 0.473. The summed E-state index contributed by atoms with van der Waals surface area (Å²) in [7, 11) is 0. The molecule has 4 amide bonds. The monoisotopic (exact) mass is 501 g/mol. The molecule has 0 spiro atoms. The van der Waals surface area contributed by atoms with Crippen LogP contribution < -0.4 is 10.8 Å². The first kappa shape index (κ1) is 31.0. The molecule has 0 aromatic carbocycles. The minimum absolute atomic E-state index is 0.0215. The number of imide groups is 1. The number of hydroxylamine groups is 1. The Morgan fingerprint density at radius 2 is 1.37 bits per heavy atom. The Morgan fingerprint density at radius 3 is 1.89 bits per heavy atom. The van der Waals surface area contributed by atoms with Gasteiger partial charge in [-0.15, -0.1) is 0 Å². The highest BCUT2D eigenvalue weighted by Crippen LogP contribution is 2.35. The first-order valence-corrected chi connectivity index (χ1v) is 12.1. The SMILES string of the molecule is CC(C)(C)NC(=O)CCOCCOCCOCCONC(=O)CCN1C(=O)C[C@H](C(C)(C)C)C1=O. The van der Waals surface area contributed by atoms with Crippen molar-refractivity contribution >= 4 is 23.6 Å². The van der Waals surface area contributed by atoms with Crippen LogP contribution in [0.5, 0.6) is 0 Å². The summed E-state index contributed by atoms with van der Waals surface area (Å²) in [4.78, 5) is 54.2. The van der Waals surface area contributed by atoms with Gasteiger partial charge >= 0.3 is 0 Å². The van der Waals surface area contributed by atoms with Gasteiger partial charge in [-0.25, -0.2) is 5.48 Å². The number of carbonyl (C=O) groups is 4. The van der Waals surface area contributed by atoms with Gasteiger partial charge in [-0.3, -0.25) is 28.9 Å². The van der Waals surface area contributed by atoms with Gasteiger partial charge in [-0.2, -0.15) is 0 Å². The summed E-state index contributed by atoms with van der Waals surface area (Å²) in [5.41, 5.74) is 1.74. The second-order valence-electron chi connectivity index (χ2n) is 10.5. The third-order valence-electron chi connectivity index (χ3n) is 5.10. The van der Waals surface area contributed by atoms with Crippen molar-refractivity contribution in [2.45, 2.75) is 66.3 Å². The second kappa shape index (κ2) is 15.1. The molecule has 1 aliphatic rings. The quantitative estimate of drug-likeness (QED) is 0.183. The largest absolute Gasteiger partial charge is 0.379 e. The number of rotatable bonds is 16. The first-order chi connectivity index (χ1) is 16.3. The Bertz CT molecular complexity index is 700. The van der Waals surface area contributed by atoms with Gasteiger partial charge in [0.1, 0.15) is 0 Å². The van der Waals surface area contributed by atoms with E-state index in [0.717, 1.165) is 4.90 Å². The highest BCUT2D eigenvalue weighted by molar-refractivity contribution is 6.04. The molecule has 11 nitrogen and oxygen atoms in total. The molecule has 11 heteroatoms. The Labute approximate surface area is 208 Å². The van der Waals surface area contributed by atoms with Crippen molar-refractivity contribution in [3.63, 3.8) is 0 Å². The number of ether oxygens (including phenoxy) is 3. The standard InChI is InChI=1S/C24H43N3O8/c1-23(2,3)18-17-21(30)27(22(18)31)9-7-20(29)26-35-16-15-34-14-13-33-12-11-32-10-8-19(28)25-24(4,5)6/h18H,7-17H2,1-6H3,(H,25,28)(H,26,29)/t18-/m0/s1. The zero-order chi connectivity index (χ0) is 26.5. The summed E-state index contributed by atoms with van der Waals surface area (Å²) in [5, 5.41) is 2.87. The van der Waals surface area contributed by atoms with Gasteiger partial charge in [0.2, 0.25) is 23.6 Å². The molecule has 0 aromatic heterocycles. The molecule has 0 unspecified atom stereocenters. The van der Waals surface area contributed by atoms with E-state index in [1.165, 1.54) is 0 Å². The maximum Gasteiger partial charge on any atom is 0.245 e. The fourth-order valence-corrected chi connectivity index (χ4v) is 3.28. The van der Waals surface area contributed by atoms with Gasteiger partial charge < -0.3 is 19.5 Å². The lowest BCUT2D eigenvalue weighted by Gasteiger charge is -2.24. The van der Waals surface area contributed by atoms with Crippen molar-refractivity contribution in [2.75, 3.05) is 52.8 Å². The lowest BCUT2D eigenvalue weighted by molar-refractivity contribution is -0.141. The summed E-state index contributed by atoms with van der Waals surface area (Å²) < 4.78 is 16.1. The van der Waals surface area contributed by atoms with E-state index >= 15 is 0 Å². The number of hydrogen-bond acceptors (Lipinski definition) is 8. The first-order valence-electron chi connectivity index (χ1n) is 12.1. The zero-order valence-electron chi connectivity index (χ0n) is 22.1. The van der Waals surface area contributed by atoms with Crippen molar-refractivity contribution in [3.8, 4) is 0 Å². The summed E-state index contributed by atoms with van der Waals surface area (Å²) in [6, 6.07) is 0. The van der Waals surface area contributed by atoms with Crippen LogP contribution in [0, 0.1) is 11.3 Å². The molecule has 2 N–H and O–H groups in total. The van der Waals surface area contributed by atoms with E-state index in [9.17, 15) is 19.2 Å². The second-order valence-corrected chi connectivity index (χ2v) is 10.5. The number of carbonyl (C=O) groups excluding carboxylic acids is 4. The predicted molar refractivity (Wildman–Crippen MR) is 128 cm³/mol. The summed E-state index contributed by atoms with van der Waals surface area (Å²) in [5.74, 6) is -1.27. The number of hydrogen-bond donors (Lipinski definition) is 2. The molecule has 0 aliphatic carbocycles. The molecule has 0 saturated carbocycles. The topological polar surface area (TPSA) is 132 Å².